The largest absolute Gasteiger partial charge is 0.472 e. The second-order valence-corrected chi connectivity index (χ2v) is 6.66. The standard InChI is InChI=1S/C19H21N5O3/c1-14-21-18(27-22-14)17-12-23(11-15-5-9-26-13-15)7-3-8-24(17)19(25)16-4-2-6-20-10-16/h2,4-6,9-10,13,17H,3,7-8,11-12H2,1H3. The SMILES string of the molecule is Cc1noc(C2CN(Cc3ccoc3)CCCN2C(=O)c2cccnc2)n1. The Morgan fingerprint density at radius 2 is 2.26 bits per heavy atom. The molecule has 1 unspecified atom stereocenters. The Balaban J connectivity index is 1.62. The number of rotatable bonds is 4. The van der Waals surface area contributed by atoms with Gasteiger partial charge in [-0.25, -0.2) is 0 Å². The van der Waals surface area contributed by atoms with Crippen LogP contribution in [-0.2, 0) is 6.54 Å². The maximum atomic E-state index is 13.1. The van der Waals surface area contributed by atoms with E-state index in [9.17, 15) is 4.79 Å². The third kappa shape index (κ3) is 3.90. The molecule has 1 fully saturated rings. The lowest BCUT2D eigenvalue weighted by Crippen LogP contribution is -2.38. The number of carbonyl (C=O) groups excluding carboxylic acids is 1. The van der Waals surface area contributed by atoms with Gasteiger partial charge in [-0.3, -0.25) is 14.7 Å². The molecule has 27 heavy (non-hydrogen) atoms. The lowest BCUT2D eigenvalue weighted by atomic mass is 10.1. The van der Waals surface area contributed by atoms with E-state index in [1.165, 1.54) is 0 Å². The summed E-state index contributed by atoms with van der Waals surface area (Å²) in [4.78, 5) is 25.7. The first-order valence-corrected chi connectivity index (χ1v) is 8.95. The molecule has 8 nitrogen and oxygen atoms in total. The van der Waals surface area contributed by atoms with Crippen molar-refractivity contribution < 1.29 is 13.7 Å². The molecule has 3 aromatic rings. The van der Waals surface area contributed by atoms with Gasteiger partial charge in [0.05, 0.1) is 18.1 Å². The molecule has 1 amide bonds. The third-order valence-electron chi connectivity index (χ3n) is 4.66. The number of amides is 1. The number of aryl methyl sites for hydroxylation is 1. The van der Waals surface area contributed by atoms with Crippen LogP contribution in [0.25, 0.3) is 0 Å². The molecule has 8 heteroatoms. The Bertz CT molecular complexity index is 878. The minimum absolute atomic E-state index is 0.0749. The van der Waals surface area contributed by atoms with Crippen LogP contribution in [0.4, 0.5) is 0 Å². The van der Waals surface area contributed by atoms with Crippen molar-refractivity contribution in [2.45, 2.75) is 25.9 Å². The zero-order valence-electron chi connectivity index (χ0n) is 15.1. The topological polar surface area (TPSA) is 88.5 Å². The van der Waals surface area contributed by atoms with Gasteiger partial charge in [0, 0.05) is 44.1 Å². The summed E-state index contributed by atoms with van der Waals surface area (Å²) >= 11 is 0. The number of hydrogen-bond donors (Lipinski definition) is 0. The lowest BCUT2D eigenvalue weighted by molar-refractivity contribution is 0.0631. The molecule has 1 aliphatic rings. The second-order valence-electron chi connectivity index (χ2n) is 6.66. The highest BCUT2D eigenvalue weighted by molar-refractivity contribution is 5.94. The molecule has 4 rings (SSSR count). The zero-order chi connectivity index (χ0) is 18.6. The van der Waals surface area contributed by atoms with Gasteiger partial charge in [0.15, 0.2) is 5.82 Å². The molecule has 1 atom stereocenters. The number of carbonyl (C=O) groups is 1. The summed E-state index contributed by atoms with van der Waals surface area (Å²) in [5.41, 5.74) is 1.66. The van der Waals surface area contributed by atoms with E-state index in [1.54, 1.807) is 44.0 Å². The molecule has 0 spiro atoms. The fourth-order valence-electron chi connectivity index (χ4n) is 3.40. The number of furan rings is 1. The van der Waals surface area contributed by atoms with Gasteiger partial charge in [-0.05, 0) is 31.5 Å². The van der Waals surface area contributed by atoms with E-state index in [4.69, 9.17) is 8.94 Å². The smallest absolute Gasteiger partial charge is 0.256 e. The summed E-state index contributed by atoms with van der Waals surface area (Å²) in [6.07, 6.45) is 7.52. The van der Waals surface area contributed by atoms with Crippen molar-refractivity contribution in [3.8, 4) is 0 Å². The third-order valence-corrected chi connectivity index (χ3v) is 4.66. The maximum absolute atomic E-state index is 13.1. The van der Waals surface area contributed by atoms with Crippen LogP contribution in [0.5, 0.6) is 0 Å². The molecule has 4 heterocycles. The summed E-state index contributed by atoms with van der Waals surface area (Å²) in [7, 11) is 0. The van der Waals surface area contributed by atoms with Gasteiger partial charge in [-0.1, -0.05) is 5.16 Å². The van der Waals surface area contributed by atoms with Crippen LogP contribution in [0.15, 0.2) is 52.1 Å². The highest BCUT2D eigenvalue weighted by Crippen LogP contribution is 2.26. The average molecular weight is 367 g/mol. The van der Waals surface area contributed by atoms with Gasteiger partial charge in [0.1, 0.15) is 6.04 Å². The number of nitrogens with zero attached hydrogens (tertiary/aromatic N) is 5. The molecule has 140 valence electrons. The van der Waals surface area contributed by atoms with Gasteiger partial charge in [0.2, 0.25) is 0 Å². The molecule has 1 saturated heterocycles. The van der Waals surface area contributed by atoms with Crippen LogP contribution in [0, 0.1) is 6.92 Å². The molecule has 1 aliphatic heterocycles. The van der Waals surface area contributed by atoms with Crippen molar-refractivity contribution in [2.24, 2.45) is 0 Å². The molecule has 0 saturated carbocycles. The molecule has 0 aromatic carbocycles. The van der Waals surface area contributed by atoms with E-state index in [1.807, 2.05) is 11.0 Å². The Labute approximate surface area is 156 Å². The summed E-state index contributed by atoms with van der Waals surface area (Å²) in [6, 6.07) is 5.19. The monoisotopic (exact) mass is 367 g/mol. The van der Waals surface area contributed by atoms with Gasteiger partial charge in [0.25, 0.3) is 11.8 Å². The predicted molar refractivity (Wildman–Crippen MR) is 95.7 cm³/mol. The highest BCUT2D eigenvalue weighted by atomic mass is 16.5. The van der Waals surface area contributed by atoms with E-state index in [0.29, 0.717) is 30.4 Å². The molecule has 3 aromatic heterocycles. The maximum Gasteiger partial charge on any atom is 0.256 e. The van der Waals surface area contributed by atoms with E-state index in [0.717, 1.165) is 25.1 Å². The summed E-state index contributed by atoms with van der Waals surface area (Å²) in [5.74, 6) is 0.947. The zero-order valence-corrected chi connectivity index (χ0v) is 15.1. The van der Waals surface area contributed by atoms with Crippen molar-refractivity contribution in [3.05, 3.63) is 66.0 Å². The fourth-order valence-corrected chi connectivity index (χ4v) is 3.40. The fraction of sp³-hybridized carbons (Fsp3) is 0.368. The van der Waals surface area contributed by atoms with Crippen LogP contribution in [0.1, 0.15) is 40.1 Å². The van der Waals surface area contributed by atoms with Crippen molar-refractivity contribution in [2.75, 3.05) is 19.6 Å². The average Bonchev–Trinajstić information content (AvgIpc) is 3.30. The summed E-state index contributed by atoms with van der Waals surface area (Å²) in [5, 5.41) is 3.92. The van der Waals surface area contributed by atoms with Gasteiger partial charge < -0.3 is 13.8 Å². The Morgan fingerprint density at radius 3 is 2.96 bits per heavy atom. The predicted octanol–water partition coefficient (Wildman–Crippen LogP) is 2.46. The summed E-state index contributed by atoms with van der Waals surface area (Å²) in [6.45, 7) is 4.61. The first-order valence-electron chi connectivity index (χ1n) is 8.95. The molecule has 0 aliphatic carbocycles. The molecule has 0 bridgehead atoms. The Kier molecular flexibility index (Phi) is 4.97. The number of aromatic nitrogens is 3. The molecule has 0 radical (unpaired) electrons. The van der Waals surface area contributed by atoms with Crippen LogP contribution >= 0.6 is 0 Å². The quantitative estimate of drug-likeness (QED) is 0.700. The van der Waals surface area contributed by atoms with E-state index >= 15 is 0 Å². The minimum atomic E-state index is -0.312. The molecule has 0 N–H and O–H groups in total. The van der Waals surface area contributed by atoms with Gasteiger partial charge >= 0.3 is 0 Å². The van der Waals surface area contributed by atoms with E-state index in [2.05, 4.69) is 20.0 Å². The minimum Gasteiger partial charge on any atom is -0.472 e. The Hall–Kier alpha value is -3.00. The van der Waals surface area contributed by atoms with Crippen LogP contribution in [0.3, 0.4) is 0 Å². The van der Waals surface area contributed by atoms with E-state index in [-0.39, 0.29) is 11.9 Å². The molecular formula is C19H21N5O3. The first-order chi connectivity index (χ1) is 13.2. The Morgan fingerprint density at radius 1 is 1.33 bits per heavy atom. The van der Waals surface area contributed by atoms with Crippen LogP contribution in [0.2, 0.25) is 0 Å². The van der Waals surface area contributed by atoms with Gasteiger partial charge in [-0.2, -0.15) is 4.98 Å². The molecular weight excluding hydrogens is 346 g/mol. The second kappa shape index (κ2) is 7.71. The summed E-state index contributed by atoms with van der Waals surface area (Å²) < 4.78 is 10.6. The van der Waals surface area contributed by atoms with Crippen LogP contribution in [-0.4, -0.2) is 50.5 Å². The van der Waals surface area contributed by atoms with E-state index < -0.39 is 0 Å². The van der Waals surface area contributed by atoms with Crippen molar-refractivity contribution in [1.29, 1.82) is 0 Å². The number of hydrogen-bond acceptors (Lipinski definition) is 7. The normalized spacial score (nSPS) is 18.4. The van der Waals surface area contributed by atoms with Gasteiger partial charge in [-0.15, -0.1) is 0 Å². The van der Waals surface area contributed by atoms with Crippen molar-refractivity contribution in [3.63, 3.8) is 0 Å². The number of pyridine rings is 1. The highest BCUT2D eigenvalue weighted by Gasteiger charge is 2.34. The van der Waals surface area contributed by atoms with Crippen LogP contribution < -0.4 is 0 Å². The lowest BCUT2D eigenvalue weighted by Gasteiger charge is -2.29. The van der Waals surface area contributed by atoms with Crippen molar-refractivity contribution in [1.82, 2.24) is 24.9 Å². The first kappa shape index (κ1) is 17.4. The van der Waals surface area contributed by atoms with Crippen molar-refractivity contribution >= 4 is 5.91 Å².